The molecule has 0 atom stereocenters. The lowest BCUT2D eigenvalue weighted by molar-refractivity contribution is 0.122. The summed E-state index contributed by atoms with van der Waals surface area (Å²) in [5.74, 6) is 1.76. The highest BCUT2D eigenvalue weighted by Crippen LogP contribution is 2.16. The summed E-state index contributed by atoms with van der Waals surface area (Å²) in [6, 6.07) is 4.32. The van der Waals surface area contributed by atoms with Crippen molar-refractivity contribution < 1.29 is 4.74 Å². The quantitative estimate of drug-likeness (QED) is 0.881. The van der Waals surface area contributed by atoms with Gasteiger partial charge in [0.05, 0.1) is 13.2 Å². The summed E-state index contributed by atoms with van der Waals surface area (Å²) in [6.45, 7) is 12.0. The Balaban J connectivity index is 1.96. The van der Waals surface area contributed by atoms with E-state index in [4.69, 9.17) is 9.72 Å². The summed E-state index contributed by atoms with van der Waals surface area (Å²) in [4.78, 5) is 7.02. The first-order valence-electron chi connectivity index (χ1n) is 7.16. The molecular weight excluding hydrogens is 238 g/mol. The van der Waals surface area contributed by atoms with Gasteiger partial charge in [0.25, 0.3) is 0 Å². The van der Waals surface area contributed by atoms with Crippen molar-refractivity contribution in [2.45, 2.75) is 27.3 Å². The first-order chi connectivity index (χ1) is 9.16. The van der Waals surface area contributed by atoms with E-state index in [9.17, 15) is 0 Å². The van der Waals surface area contributed by atoms with Crippen LogP contribution in [0.25, 0.3) is 0 Å². The normalized spacial score (nSPS) is 16.1. The van der Waals surface area contributed by atoms with Gasteiger partial charge in [-0.15, -0.1) is 0 Å². The second-order valence-corrected chi connectivity index (χ2v) is 5.54. The predicted octanol–water partition coefficient (Wildman–Crippen LogP) is 1.97. The van der Waals surface area contributed by atoms with Crippen LogP contribution in [0.1, 0.15) is 25.1 Å². The number of ether oxygens (including phenoxy) is 1. The van der Waals surface area contributed by atoms with Crippen LogP contribution in [0.4, 0.5) is 5.82 Å². The zero-order chi connectivity index (χ0) is 13.7. The molecule has 0 unspecified atom stereocenters. The fraction of sp³-hybridized carbons (Fsp3) is 0.667. The van der Waals surface area contributed by atoms with Crippen LogP contribution >= 0.6 is 0 Å². The zero-order valence-electron chi connectivity index (χ0n) is 12.3. The molecule has 0 bridgehead atoms. The third-order valence-corrected chi connectivity index (χ3v) is 3.38. The molecule has 1 N–H and O–H groups in total. The highest BCUT2D eigenvalue weighted by molar-refractivity contribution is 5.42. The Morgan fingerprint density at radius 1 is 1.32 bits per heavy atom. The molecule has 1 fully saturated rings. The maximum Gasteiger partial charge on any atom is 0.128 e. The van der Waals surface area contributed by atoms with Crippen molar-refractivity contribution in [3.8, 4) is 0 Å². The average Bonchev–Trinajstić information content (AvgIpc) is 2.41. The minimum absolute atomic E-state index is 0.681. The number of hydrogen-bond acceptors (Lipinski definition) is 4. The van der Waals surface area contributed by atoms with Crippen molar-refractivity contribution in [3.05, 3.63) is 23.4 Å². The van der Waals surface area contributed by atoms with Gasteiger partial charge in [0.2, 0.25) is 0 Å². The number of nitrogens with zero attached hydrogens (tertiary/aromatic N) is 2. The van der Waals surface area contributed by atoms with E-state index >= 15 is 0 Å². The largest absolute Gasteiger partial charge is 0.378 e. The Kier molecular flexibility index (Phi) is 5.16. The molecule has 0 spiro atoms. The molecule has 106 valence electrons. The summed E-state index contributed by atoms with van der Waals surface area (Å²) in [6.07, 6.45) is 0. The second kappa shape index (κ2) is 6.87. The van der Waals surface area contributed by atoms with Crippen LogP contribution in [0.2, 0.25) is 0 Å². The van der Waals surface area contributed by atoms with E-state index in [1.165, 1.54) is 5.56 Å². The number of hydrogen-bond donors (Lipinski definition) is 1. The van der Waals surface area contributed by atoms with Crippen molar-refractivity contribution >= 4 is 5.82 Å². The van der Waals surface area contributed by atoms with E-state index < -0.39 is 0 Å². The number of aryl methyl sites for hydroxylation is 1. The van der Waals surface area contributed by atoms with Crippen LogP contribution in [0.15, 0.2) is 12.1 Å². The Morgan fingerprint density at radius 3 is 2.68 bits per heavy atom. The molecule has 2 heterocycles. The summed E-state index contributed by atoms with van der Waals surface area (Å²) < 4.78 is 5.37. The van der Waals surface area contributed by atoms with Gasteiger partial charge in [0.1, 0.15) is 5.82 Å². The Labute approximate surface area is 116 Å². The van der Waals surface area contributed by atoms with Crippen molar-refractivity contribution in [2.75, 3.05) is 37.7 Å². The number of aromatic nitrogens is 1. The molecule has 4 heteroatoms. The van der Waals surface area contributed by atoms with Crippen molar-refractivity contribution in [1.82, 2.24) is 10.3 Å². The van der Waals surface area contributed by atoms with Gasteiger partial charge >= 0.3 is 0 Å². The first-order valence-corrected chi connectivity index (χ1v) is 7.16. The van der Waals surface area contributed by atoms with Crippen LogP contribution in [0.3, 0.4) is 0 Å². The lowest BCUT2D eigenvalue weighted by Gasteiger charge is -2.28. The van der Waals surface area contributed by atoms with Crippen molar-refractivity contribution in [1.29, 1.82) is 0 Å². The Morgan fingerprint density at radius 2 is 2.05 bits per heavy atom. The predicted molar refractivity (Wildman–Crippen MR) is 78.6 cm³/mol. The lowest BCUT2D eigenvalue weighted by atomic mass is 10.1. The molecule has 0 saturated carbocycles. The monoisotopic (exact) mass is 263 g/mol. The third-order valence-electron chi connectivity index (χ3n) is 3.38. The van der Waals surface area contributed by atoms with Crippen LogP contribution in [0.5, 0.6) is 0 Å². The standard InChI is InChI=1S/C15H25N3O/c1-12(2)10-16-11-14-4-5-15(17-13(14)3)18-6-8-19-9-7-18/h4-5,12,16H,6-11H2,1-3H3. The van der Waals surface area contributed by atoms with Crippen LogP contribution in [-0.2, 0) is 11.3 Å². The molecule has 1 aromatic heterocycles. The maximum atomic E-state index is 5.37. The molecule has 19 heavy (non-hydrogen) atoms. The molecule has 0 aromatic carbocycles. The van der Waals surface area contributed by atoms with Crippen molar-refractivity contribution in [3.63, 3.8) is 0 Å². The van der Waals surface area contributed by atoms with Gasteiger partial charge < -0.3 is 15.0 Å². The average molecular weight is 263 g/mol. The summed E-state index contributed by atoms with van der Waals surface area (Å²) in [5, 5.41) is 3.47. The van der Waals surface area contributed by atoms with Crippen molar-refractivity contribution in [2.24, 2.45) is 5.92 Å². The smallest absolute Gasteiger partial charge is 0.128 e. The molecule has 0 radical (unpaired) electrons. The fourth-order valence-corrected chi connectivity index (χ4v) is 2.23. The van der Waals surface area contributed by atoms with Crippen LogP contribution < -0.4 is 10.2 Å². The second-order valence-electron chi connectivity index (χ2n) is 5.54. The van der Waals surface area contributed by atoms with E-state index in [-0.39, 0.29) is 0 Å². The molecule has 1 aliphatic rings. The van der Waals surface area contributed by atoms with Gasteiger partial charge in [0, 0.05) is 25.3 Å². The number of pyridine rings is 1. The first kappa shape index (κ1) is 14.3. The minimum atomic E-state index is 0.681. The van der Waals surface area contributed by atoms with Gasteiger partial charge in [-0.05, 0) is 31.0 Å². The van der Waals surface area contributed by atoms with E-state index in [0.717, 1.165) is 50.9 Å². The summed E-state index contributed by atoms with van der Waals surface area (Å²) >= 11 is 0. The fourth-order valence-electron chi connectivity index (χ4n) is 2.23. The Hall–Kier alpha value is -1.13. The molecule has 0 amide bonds. The van der Waals surface area contributed by atoms with E-state index in [1.807, 2.05) is 0 Å². The lowest BCUT2D eigenvalue weighted by Crippen LogP contribution is -2.36. The number of morpholine rings is 1. The molecule has 1 saturated heterocycles. The van der Waals surface area contributed by atoms with Gasteiger partial charge in [0.15, 0.2) is 0 Å². The Bertz CT molecular complexity index is 400. The molecule has 0 aliphatic carbocycles. The zero-order valence-corrected chi connectivity index (χ0v) is 12.3. The molecular formula is C15H25N3O. The SMILES string of the molecule is Cc1nc(N2CCOCC2)ccc1CNCC(C)C. The van der Waals surface area contributed by atoms with Gasteiger partial charge in [-0.3, -0.25) is 0 Å². The van der Waals surface area contributed by atoms with E-state index in [1.54, 1.807) is 0 Å². The highest BCUT2D eigenvalue weighted by atomic mass is 16.5. The van der Waals surface area contributed by atoms with E-state index in [2.05, 4.69) is 43.1 Å². The van der Waals surface area contributed by atoms with Crippen LogP contribution in [-0.4, -0.2) is 37.8 Å². The van der Waals surface area contributed by atoms with Gasteiger partial charge in [-0.1, -0.05) is 19.9 Å². The van der Waals surface area contributed by atoms with Gasteiger partial charge in [-0.25, -0.2) is 4.98 Å². The molecule has 1 aliphatic heterocycles. The molecule has 1 aromatic rings. The summed E-state index contributed by atoms with van der Waals surface area (Å²) in [5.41, 5.74) is 2.41. The van der Waals surface area contributed by atoms with E-state index in [0.29, 0.717) is 5.92 Å². The topological polar surface area (TPSA) is 37.4 Å². The van der Waals surface area contributed by atoms with Crippen LogP contribution in [0, 0.1) is 12.8 Å². The number of rotatable bonds is 5. The molecule has 4 nitrogen and oxygen atoms in total. The van der Waals surface area contributed by atoms with Gasteiger partial charge in [-0.2, -0.15) is 0 Å². The minimum Gasteiger partial charge on any atom is -0.378 e. The third kappa shape index (κ3) is 4.18. The molecule has 2 rings (SSSR count). The number of anilines is 1. The highest BCUT2D eigenvalue weighted by Gasteiger charge is 2.13. The summed E-state index contributed by atoms with van der Waals surface area (Å²) in [7, 11) is 0. The number of nitrogens with one attached hydrogen (secondary N) is 1. The maximum absolute atomic E-state index is 5.37.